The molecule has 0 bridgehead atoms. The second-order valence-electron chi connectivity index (χ2n) is 16.1. The van der Waals surface area contributed by atoms with Gasteiger partial charge in [0.25, 0.3) is 0 Å². The van der Waals surface area contributed by atoms with Gasteiger partial charge in [0.1, 0.15) is 11.9 Å². The molecule has 5 atom stereocenters. The third kappa shape index (κ3) is 8.11. The number of carbonyl (C=O) groups is 3. The van der Waals surface area contributed by atoms with E-state index < -0.39 is 38.7 Å². The summed E-state index contributed by atoms with van der Waals surface area (Å²) in [6.07, 6.45) is 9.99. The topological polar surface area (TPSA) is 123 Å². The molecule has 2 amide bonds. The monoisotopic (exact) mass is 759 g/mol. The number of allylic oxidation sites excluding steroid dienone is 2. The van der Waals surface area contributed by atoms with E-state index in [9.17, 15) is 22.8 Å². The van der Waals surface area contributed by atoms with Crippen LogP contribution in [0.1, 0.15) is 75.3 Å². The zero-order valence-corrected chi connectivity index (χ0v) is 32.2. The minimum Gasteiger partial charge on any atom is -0.488 e. The van der Waals surface area contributed by atoms with Crippen molar-refractivity contribution in [2.24, 2.45) is 17.3 Å². The summed E-state index contributed by atoms with van der Waals surface area (Å²) in [5.41, 5.74) is 3.47. The van der Waals surface area contributed by atoms with Crippen molar-refractivity contribution in [1.82, 2.24) is 14.6 Å². The molecule has 286 valence electrons. The molecule has 4 aliphatic rings. The smallest absolute Gasteiger partial charge is 0.240 e. The van der Waals surface area contributed by atoms with Gasteiger partial charge in [-0.25, -0.2) is 13.4 Å². The van der Waals surface area contributed by atoms with Gasteiger partial charge in [-0.1, -0.05) is 91.7 Å². The molecule has 4 aromatic rings. The number of pyridine rings is 1. The first-order valence-electron chi connectivity index (χ1n) is 19.8. The molecule has 55 heavy (non-hydrogen) atoms. The van der Waals surface area contributed by atoms with Gasteiger partial charge in [-0.15, -0.1) is 0 Å². The minimum atomic E-state index is -3.81. The Hall–Kier alpha value is -4.83. The molecule has 10 heteroatoms. The summed E-state index contributed by atoms with van der Waals surface area (Å²) in [5.74, 6) is -0.870. The van der Waals surface area contributed by atoms with Gasteiger partial charge in [-0.2, -0.15) is 0 Å². The first kappa shape index (κ1) is 37.1. The van der Waals surface area contributed by atoms with Crippen molar-refractivity contribution >= 4 is 38.5 Å². The van der Waals surface area contributed by atoms with E-state index in [2.05, 4.69) is 10.8 Å². The Kier molecular flexibility index (Phi) is 10.4. The van der Waals surface area contributed by atoms with E-state index in [-0.39, 0.29) is 42.9 Å². The van der Waals surface area contributed by atoms with E-state index in [0.29, 0.717) is 37.9 Å². The van der Waals surface area contributed by atoms with Crippen LogP contribution in [-0.2, 0) is 30.8 Å². The van der Waals surface area contributed by atoms with Crippen molar-refractivity contribution in [1.29, 1.82) is 0 Å². The second kappa shape index (κ2) is 15.4. The average molecular weight is 760 g/mol. The normalized spacial score (nSPS) is 26.7. The van der Waals surface area contributed by atoms with E-state index in [0.717, 1.165) is 59.0 Å². The molecule has 2 aliphatic heterocycles. The number of Topliss-reactive ketones (excluding diaryl/α,β-unsaturated/α-hetero) is 1. The van der Waals surface area contributed by atoms with Crippen molar-refractivity contribution in [3.63, 3.8) is 0 Å². The summed E-state index contributed by atoms with van der Waals surface area (Å²) in [6, 6.07) is 27.1. The third-order valence-electron chi connectivity index (χ3n) is 11.9. The van der Waals surface area contributed by atoms with Crippen LogP contribution >= 0.6 is 0 Å². The number of fused-ring (bicyclic) bond motifs is 3. The summed E-state index contributed by atoms with van der Waals surface area (Å²) < 4.78 is 35.1. The molecule has 3 aromatic carbocycles. The number of nitrogens with one attached hydrogen (secondary N) is 1. The maximum atomic E-state index is 14.8. The van der Waals surface area contributed by atoms with Crippen molar-refractivity contribution in [3.05, 3.63) is 108 Å². The summed E-state index contributed by atoms with van der Waals surface area (Å²) in [6.45, 7) is 2.24. The van der Waals surface area contributed by atoms with E-state index in [4.69, 9.17) is 9.72 Å². The van der Waals surface area contributed by atoms with Crippen molar-refractivity contribution < 1.29 is 27.5 Å². The van der Waals surface area contributed by atoms with Crippen LogP contribution in [0.2, 0.25) is 0 Å². The lowest BCUT2D eigenvalue weighted by atomic mass is 9.90. The van der Waals surface area contributed by atoms with Crippen LogP contribution < -0.4 is 9.46 Å². The first-order valence-corrected chi connectivity index (χ1v) is 21.4. The number of hydrogen-bond donors (Lipinski definition) is 1. The zero-order valence-electron chi connectivity index (χ0n) is 31.4. The van der Waals surface area contributed by atoms with E-state index in [1.54, 1.807) is 4.90 Å². The Labute approximate surface area is 323 Å². The number of ketones is 1. The van der Waals surface area contributed by atoms with Crippen LogP contribution in [0.15, 0.2) is 97.1 Å². The molecular weight excluding hydrogens is 711 g/mol. The lowest BCUT2D eigenvalue weighted by Crippen LogP contribution is -2.46. The van der Waals surface area contributed by atoms with Gasteiger partial charge in [0.05, 0.1) is 34.5 Å². The fourth-order valence-electron chi connectivity index (χ4n) is 8.56. The maximum absolute atomic E-state index is 14.8. The molecule has 1 saturated heterocycles. The van der Waals surface area contributed by atoms with Gasteiger partial charge in [-0.3, -0.25) is 19.1 Å². The predicted molar refractivity (Wildman–Crippen MR) is 213 cm³/mol. The number of nitrogens with zero attached hydrogens (tertiary/aromatic N) is 2. The number of amides is 2. The molecular formula is C45H49N3O6S. The lowest BCUT2D eigenvalue weighted by molar-refractivity contribution is -0.142. The van der Waals surface area contributed by atoms with Gasteiger partial charge >= 0.3 is 0 Å². The Balaban J connectivity index is 1.13. The van der Waals surface area contributed by atoms with Gasteiger partial charge in [0.15, 0.2) is 5.78 Å². The van der Waals surface area contributed by atoms with Crippen LogP contribution in [0.25, 0.3) is 22.2 Å². The summed E-state index contributed by atoms with van der Waals surface area (Å²) in [4.78, 5) is 50.0. The number of sulfonamides is 1. The molecule has 2 aliphatic carbocycles. The Morgan fingerprint density at radius 3 is 2.47 bits per heavy atom. The average Bonchev–Trinajstić information content (AvgIpc) is 4.11. The highest BCUT2D eigenvalue weighted by Crippen LogP contribution is 2.57. The third-order valence-corrected chi connectivity index (χ3v) is 13.8. The number of rotatable bonds is 8. The summed E-state index contributed by atoms with van der Waals surface area (Å²) in [7, 11) is -3.81. The van der Waals surface area contributed by atoms with E-state index in [1.807, 2.05) is 97.9 Å². The fraction of sp³-hybridized carbons (Fsp3) is 0.422. The minimum absolute atomic E-state index is 0.0800. The Bertz CT molecular complexity index is 2220. The largest absolute Gasteiger partial charge is 0.488 e. The highest BCUT2D eigenvalue weighted by atomic mass is 32.2. The van der Waals surface area contributed by atoms with Gasteiger partial charge in [0.2, 0.25) is 21.8 Å². The highest BCUT2D eigenvalue weighted by Gasteiger charge is 2.61. The van der Waals surface area contributed by atoms with Crippen molar-refractivity contribution in [3.8, 4) is 17.0 Å². The second-order valence-corrected chi connectivity index (χ2v) is 18.1. The van der Waals surface area contributed by atoms with Gasteiger partial charge in [-0.05, 0) is 81.0 Å². The number of aryl methyl sites for hydroxylation is 1. The molecule has 3 heterocycles. The predicted octanol–water partition coefficient (Wildman–Crippen LogP) is 7.51. The quantitative estimate of drug-likeness (QED) is 0.185. The number of carbonyl (C=O) groups excluding carboxylic acids is 3. The highest BCUT2D eigenvalue weighted by molar-refractivity contribution is 7.90. The maximum Gasteiger partial charge on any atom is 0.240 e. The molecule has 9 nitrogen and oxygen atoms in total. The fourth-order valence-corrected chi connectivity index (χ4v) is 9.94. The number of aromatic nitrogens is 1. The van der Waals surface area contributed by atoms with Crippen LogP contribution in [0, 0.1) is 24.2 Å². The summed E-state index contributed by atoms with van der Waals surface area (Å²) >= 11 is 0. The molecule has 1 N–H and O–H groups in total. The molecule has 3 fully saturated rings. The van der Waals surface area contributed by atoms with Crippen molar-refractivity contribution in [2.75, 3.05) is 6.54 Å². The lowest BCUT2D eigenvalue weighted by Gasteiger charge is -2.29. The molecule has 1 aromatic heterocycles. The molecule has 0 unspecified atom stereocenters. The summed E-state index contributed by atoms with van der Waals surface area (Å²) in [5, 5.41) is 0.283. The SMILES string of the molecule is Cc1ccc2c(O[C@@H]3C[C@H]4C(=O)C[C@]5(C(=O)NS(=O)(=O)C6CC6)C[C@H]5/C=C\CCCCC[C@H](Cc5ccccc5)C(=O)N4C3)cc(-c3ccccc3)nc2c1. The van der Waals surface area contributed by atoms with Crippen LogP contribution in [0.4, 0.5) is 0 Å². The van der Waals surface area contributed by atoms with Gasteiger partial charge in [0, 0.05) is 35.8 Å². The Morgan fingerprint density at radius 1 is 0.945 bits per heavy atom. The number of hydrogen-bond acceptors (Lipinski definition) is 7. The number of benzene rings is 3. The van der Waals surface area contributed by atoms with Crippen LogP contribution in [0.3, 0.4) is 0 Å². The van der Waals surface area contributed by atoms with Crippen LogP contribution in [-0.4, -0.2) is 59.8 Å². The molecule has 8 rings (SSSR count). The zero-order chi connectivity index (χ0) is 38.2. The van der Waals surface area contributed by atoms with Gasteiger partial charge < -0.3 is 9.64 Å². The standard InChI is InChI=1S/C45H49N3O6S/c1-30-19-22-37-39(23-30)46-38(32-15-10-6-11-16-32)26-42(37)54-35-25-40-41(49)28-45(44(51)47-55(52,53)36-20-21-36)27-34(45)18-12-4-2-3-9-17-33(43(50)48(40)29-35)24-31-13-7-5-8-14-31/h5-8,10-16,18-19,22-23,26,33-36,40H,2-4,9,17,20-21,24-25,27-29H2,1H3,(H,47,51)/b18-12-/t33-,34-,35-,40+,45-/m1/s1. The van der Waals surface area contributed by atoms with Crippen molar-refractivity contribution in [2.45, 2.75) is 94.9 Å². The Morgan fingerprint density at radius 2 is 1.71 bits per heavy atom. The molecule has 0 spiro atoms. The first-order chi connectivity index (χ1) is 26.6. The van der Waals surface area contributed by atoms with E-state index in [1.165, 1.54) is 0 Å². The molecule has 0 radical (unpaired) electrons. The van der Waals surface area contributed by atoms with Crippen LogP contribution in [0.5, 0.6) is 5.75 Å². The van der Waals surface area contributed by atoms with E-state index >= 15 is 0 Å². The number of ether oxygens (including phenoxy) is 1. The molecule has 2 saturated carbocycles.